The van der Waals surface area contributed by atoms with Crippen molar-refractivity contribution in [3.63, 3.8) is 0 Å². The van der Waals surface area contributed by atoms with E-state index in [1.807, 2.05) is 6.92 Å². The number of rotatable bonds is 2. The van der Waals surface area contributed by atoms with Crippen LogP contribution in [-0.2, 0) is 0 Å². The van der Waals surface area contributed by atoms with E-state index in [9.17, 15) is 4.79 Å². The van der Waals surface area contributed by atoms with Crippen molar-refractivity contribution in [1.29, 1.82) is 0 Å². The number of amides is 1. The molecule has 5 heteroatoms. The highest BCUT2D eigenvalue weighted by atomic mass is 35.5. The van der Waals surface area contributed by atoms with Gasteiger partial charge in [0, 0.05) is 16.9 Å². The smallest absolute Gasteiger partial charge is 0.275 e. The van der Waals surface area contributed by atoms with Crippen LogP contribution in [0, 0.1) is 18.8 Å². The van der Waals surface area contributed by atoms with Gasteiger partial charge in [0.15, 0.2) is 0 Å². The molecule has 4 nitrogen and oxygen atoms in total. The van der Waals surface area contributed by atoms with Crippen LogP contribution in [0.1, 0.15) is 21.6 Å². The summed E-state index contributed by atoms with van der Waals surface area (Å²) in [5.41, 5.74) is 7.74. The molecule has 0 aliphatic rings. The summed E-state index contributed by atoms with van der Waals surface area (Å²) >= 11 is 5.90. The Labute approximate surface area is 128 Å². The van der Waals surface area contributed by atoms with Crippen LogP contribution in [0.25, 0.3) is 0 Å². The minimum Gasteiger partial charge on any atom is -0.320 e. The Morgan fingerprint density at radius 2 is 2.24 bits per heavy atom. The first kappa shape index (κ1) is 15.0. The lowest BCUT2D eigenvalue weighted by Crippen LogP contribution is -2.16. The van der Waals surface area contributed by atoms with Gasteiger partial charge < -0.3 is 11.1 Å². The Balaban J connectivity index is 2.28. The standard InChI is InChI=1S/C16H14ClN3O/c1-11-10-13(17)6-7-14(11)20-16(21)15-12(4-2-8-18)5-3-9-19-15/h3,5-7,9-10H,8,18H2,1H3,(H,20,21). The van der Waals surface area contributed by atoms with Gasteiger partial charge in [-0.1, -0.05) is 23.4 Å². The van der Waals surface area contributed by atoms with E-state index >= 15 is 0 Å². The van der Waals surface area contributed by atoms with Gasteiger partial charge in [-0.05, 0) is 42.8 Å². The van der Waals surface area contributed by atoms with Gasteiger partial charge in [0.05, 0.1) is 12.1 Å². The summed E-state index contributed by atoms with van der Waals surface area (Å²) in [5, 5.41) is 3.43. The average molecular weight is 300 g/mol. The van der Waals surface area contributed by atoms with Gasteiger partial charge in [-0.3, -0.25) is 4.79 Å². The highest BCUT2D eigenvalue weighted by Crippen LogP contribution is 2.20. The number of hydrogen-bond donors (Lipinski definition) is 2. The Kier molecular flexibility index (Phi) is 4.94. The van der Waals surface area contributed by atoms with E-state index in [0.717, 1.165) is 5.56 Å². The first-order chi connectivity index (χ1) is 10.1. The van der Waals surface area contributed by atoms with E-state index < -0.39 is 0 Å². The number of nitrogens with two attached hydrogens (primary N) is 1. The third-order valence-electron chi connectivity index (χ3n) is 2.78. The summed E-state index contributed by atoms with van der Waals surface area (Å²) in [6, 6.07) is 8.72. The summed E-state index contributed by atoms with van der Waals surface area (Å²) in [6.07, 6.45) is 1.55. The monoisotopic (exact) mass is 299 g/mol. The number of aromatic nitrogens is 1. The van der Waals surface area contributed by atoms with Crippen molar-refractivity contribution >= 4 is 23.2 Å². The first-order valence-electron chi connectivity index (χ1n) is 6.33. The summed E-state index contributed by atoms with van der Waals surface area (Å²) in [6.45, 7) is 2.10. The van der Waals surface area contributed by atoms with Gasteiger partial charge in [-0.2, -0.15) is 0 Å². The summed E-state index contributed by atoms with van der Waals surface area (Å²) < 4.78 is 0. The summed E-state index contributed by atoms with van der Waals surface area (Å²) in [4.78, 5) is 16.4. The van der Waals surface area contributed by atoms with E-state index in [1.165, 1.54) is 0 Å². The lowest BCUT2D eigenvalue weighted by atomic mass is 10.1. The SMILES string of the molecule is Cc1cc(Cl)ccc1NC(=O)c1ncccc1C#CCN. The van der Waals surface area contributed by atoms with Crippen LogP contribution >= 0.6 is 11.6 Å². The fraction of sp³-hybridized carbons (Fsp3) is 0.125. The number of halogens is 1. The molecule has 0 bridgehead atoms. The molecule has 1 aromatic carbocycles. The fourth-order valence-electron chi connectivity index (χ4n) is 1.78. The minimum atomic E-state index is -0.317. The van der Waals surface area contributed by atoms with E-state index in [2.05, 4.69) is 22.1 Å². The molecule has 2 aromatic rings. The molecule has 0 atom stereocenters. The van der Waals surface area contributed by atoms with E-state index in [-0.39, 0.29) is 18.1 Å². The molecule has 0 saturated carbocycles. The van der Waals surface area contributed by atoms with Gasteiger partial charge in [-0.25, -0.2) is 4.98 Å². The quantitative estimate of drug-likeness (QED) is 0.838. The molecule has 3 N–H and O–H groups in total. The number of anilines is 1. The van der Waals surface area contributed by atoms with Gasteiger partial charge in [0.1, 0.15) is 5.69 Å². The largest absolute Gasteiger partial charge is 0.320 e. The third-order valence-corrected chi connectivity index (χ3v) is 3.02. The highest BCUT2D eigenvalue weighted by molar-refractivity contribution is 6.30. The lowest BCUT2D eigenvalue weighted by Gasteiger charge is -2.09. The van der Waals surface area contributed by atoms with Crippen LogP contribution in [0.15, 0.2) is 36.5 Å². The van der Waals surface area contributed by atoms with Crippen molar-refractivity contribution in [2.24, 2.45) is 5.73 Å². The average Bonchev–Trinajstić information content (AvgIpc) is 2.48. The molecule has 1 amide bonds. The molecule has 0 fully saturated rings. The molecule has 2 rings (SSSR count). The van der Waals surface area contributed by atoms with Crippen LogP contribution in [0.5, 0.6) is 0 Å². The zero-order chi connectivity index (χ0) is 15.2. The second kappa shape index (κ2) is 6.89. The predicted molar refractivity (Wildman–Crippen MR) is 84.3 cm³/mol. The van der Waals surface area contributed by atoms with Gasteiger partial charge in [-0.15, -0.1) is 0 Å². The molecule has 1 aromatic heterocycles. The van der Waals surface area contributed by atoms with E-state index in [4.69, 9.17) is 17.3 Å². The Hall–Kier alpha value is -2.35. The molecule has 0 spiro atoms. The maximum atomic E-state index is 12.3. The molecule has 0 aliphatic heterocycles. The van der Waals surface area contributed by atoms with Crippen molar-refractivity contribution < 1.29 is 4.79 Å². The number of benzene rings is 1. The number of nitrogens with zero attached hydrogens (tertiary/aromatic N) is 1. The number of carbonyl (C=O) groups is 1. The van der Waals surface area contributed by atoms with Crippen molar-refractivity contribution in [2.75, 3.05) is 11.9 Å². The van der Waals surface area contributed by atoms with Crippen molar-refractivity contribution in [2.45, 2.75) is 6.92 Å². The van der Waals surface area contributed by atoms with Gasteiger partial charge >= 0.3 is 0 Å². The first-order valence-corrected chi connectivity index (χ1v) is 6.71. The molecule has 0 saturated heterocycles. The van der Waals surface area contributed by atoms with E-state index in [0.29, 0.717) is 16.3 Å². The number of carbonyl (C=O) groups excluding carboxylic acids is 1. The van der Waals surface area contributed by atoms with Crippen molar-refractivity contribution in [3.8, 4) is 11.8 Å². The molecular weight excluding hydrogens is 286 g/mol. The molecule has 21 heavy (non-hydrogen) atoms. The Morgan fingerprint density at radius 3 is 2.95 bits per heavy atom. The molecule has 1 heterocycles. The van der Waals surface area contributed by atoms with Gasteiger partial charge in [0.2, 0.25) is 0 Å². The van der Waals surface area contributed by atoms with Crippen LogP contribution in [-0.4, -0.2) is 17.4 Å². The predicted octanol–water partition coefficient (Wildman–Crippen LogP) is 2.61. The molecular formula is C16H14ClN3O. The fourth-order valence-corrected chi connectivity index (χ4v) is 2.01. The van der Waals surface area contributed by atoms with E-state index in [1.54, 1.807) is 36.5 Å². The summed E-state index contributed by atoms with van der Waals surface area (Å²) in [7, 11) is 0. The molecule has 106 valence electrons. The van der Waals surface area contributed by atoms with Crippen LogP contribution in [0.2, 0.25) is 5.02 Å². The number of hydrogen-bond acceptors (Lipinski definition) is 3. The van der Waals surface area contributed by atoms with Crippen molar-refractivity contribution in [3.05, 3.63) is 58.4 Å². The maximum absolute atomic E-state index is 12.3. The zero-order valence-corrected chi connectivity index (χ0v) is 12.2. The normalized spacial score (nSPS) is 9.67. The second-order valence-electron chi connectivity index (χ2n) is 4.32. The summed E-state index contributed by atoms with van der Waals surface area (Å²) in [5.74, 6) is 5.25. The maximum Gasteiger partial charge on any atom is 0.275 e. The molecule has 0 radical (unpaired) electrons. The highest BCUT2D eigenvalue weighted by Gasteiger charge is 2.12. The molecule has 0 unspecified atom stereocenters. The number of aryl methyl sites for hydroxylation is 1. The zero-order valence-electron chi connectivity index (χ0n) is 11.5. The lowest BCUT2D eigenvalue weighted by molar-refractivity contribution is 0.102. The Bertz CT molecular complexity index is 732. The van der Waals surface area contributed by atoms with Gasteiger partial charge in [0.25, 0.3) is 5.91 Å². The molecule has 0 aliphatic carbocycles. The second-order valence-corrected chi connectivity index (χ2v) is 4.76. The number of pyridine rings is 1. The number of nitrogens with one attached hydrogen (secondary N) is 1. The van der Waals surface area contributed by atoms with Crippen molar-refractivity contribution in [1.82, 2.24) is 4.98 Å². The minimum absolute atomic E-state index is 0.228. The topological polar surface area (TPSA) is 68.0 Å². The van der Waals surface area contributed by atoms with Crippen LogP contribution in [0.4, 0.5) is 5.69 Å². The van der Waals surface area contributed by atoms with Crippen LogP contribution < -0.4 is 11.1 Å². The van der Waals surface area contributed by atoms with Crippen LogP contribution in [0.3, 0.4) is 0 Å². The third kappa shape index (κ3) is 3.82. The Morgan fingerprint density at radius 1 is 1.43 bits per heavy atom.